The van der Waals surface area contributed by atoms with E-state index < -0.39 is 17.6 Å². The monoisotopic (exact) mass is 343 g/mol. The number of carbonyl (C=O) groups excluding carboxylic acids is 2. The van der Waals surface area contributed by atoms with Crippen molar-refractivity contribution >= 4 is 28.7 Å². The number of nitrogens with one attached hydrogen (secondary N) is 1. The molecule has 9 heteroatoms. The number of alkyl halides is 3. The van der Waals surface area contributed by atoms with Crippen molar-refractivity contribution in [3.63, 3.8) is 0 Å². The quantitative estimate of drug-likeness (QED) is 0.849. The summed E-state index contributed by atoms with van der Waals surface area (Å²) in [4.78, 5) is 27.8. The molecule has 0 aliphatic heterocycles. The van der Waals surface area contributed by atoms with Crippen LogP contribution in [-0.2, 0) is 17.5 Å². The Labute approximate surface area is 133 Å². The zero-order valence-corrected chi connectivity index (χ0v) is 12.7. The van der Waals surface area contributed by atoms with E-state index in [4.69, 9.17) is 0 Å². The molecular weight excluding hydrogens is 331 g/mol. The number of amides is 2. The van der Waals surface area contributed by atoms with E-state index in [0.29, 0.717) is 6.41 Å². The second-order valence-electron chi connectivity index (χ2n) is 4.61. The van der Waals surface area contributed by atoms with Crippen LogP contribution in [0.1, 0.15) is 21.6 Å². The number of hydrogen-bond donors (Lipinski definition) is 1. The highest BCUT2D eigenvalue weighted by molar-refractivity contribution is 7.14. The van der Waals surface area contributed by atoms with Crippen molar-refractivity contribution < 1.29 is 22.8 Å². The summed E-state index contributed by atoms with van der Waals surface area (Å²) in [5.41, 5.74) is 0.561. The van der Waals surface area contributed by atoms with Gasteiger partial charge in [0.1, 0.15) is 5.00 Å². The molecule has 0 saturated heterocycles. The van der Waals surface area contributed by atoms with Gasteiger partial charge in [-0.1, -0.05) is 18.2 Å². The second-order valence-corrected chi connectivity index (χ2v) is 5.46. The molecule has 2 amide bonds. The van der Waals surface area contributed by atoms with Gasteiger partial charge >= 0.3 is 6.18 Å². The molecule has 0 radical (unpaired) electrons. The van der Waals surface area contributed by atoms with Crippen LogP contribution in [-0.4, -0.2) is 29.2 Å². The van der Waals surface area contributed by atoms with Crippen molar-refractivity contribution in [2.45, 2.75) is 12.7 Å². The fourth-order valence-electron chi connectivity index (χ4n) is 2.00. The van der Waals surface area contributed by atoms with Gasteiger partial charge in [0.15, 0.2) is 5.69 Å². The highest BCUT2D eigenvalue weighted by Gasteiger charge is 2.33. The molecule has 1 aromatic heterocycles. The van der Waals surface area contributed by atoms with E-state index in [2.05, 4.69) is 10.3 Å². The number of nitrogens with zero attached hydrogens (tertiary/aromatic N) is 2. The normalized spacial score (nSPS) is 11.1. The smallest absolute Gasteiger partial charge is 0.336 e. The number of benzene rings is 1. The predicted octanol–water partition coefficient (Wildman–Crippen LogP) is 3.00. The summed E-state index contributed by atoms with van der Waals surface area (Å²) < 4.78 is 38.9. The Morgan fingerprint density at radius 3 is 2.74 bits per heavy atom. The summed E-state index contributed by atoms with van der Waals surface area (Å²) in [6, 6.07) is 5.06. The minimum atomic E-state index is -4.49. The summed E-state index contributed by atoms with van der Waals surface area (Å²) in [5.74, 6) is -0.576. The Kier molecular flexibility index (Phi) is 4.99. The standard InChI is InChI=1S/C14H12F3N3O2S/c1-20(13(22)11-12(18-7-21)23-8-19-11)6-9-4-2-3-5-10(9)14(15,16)17/h2-5,7-8H,6H2,1H3,(H,18,21). The molecule has 0 fully saturated rings. The first kappa shape index (κ1) is 16.9. The maximum absolute atomic E-state index is 13.0. The van der Waals surface area contributed by atoms with E-state index in [9.17, 15) is 22.8 Å². The molecule has 2 rings (SSSR count). The Morgan fingerprint density at radius 1 is 1.39 bits per heavy atom. The van der Waals surface area contributed by atoms with E-state index in [1.54, 1.807) is 0 Å². The van der Waals surface area contributed by atoms with Crippen LogP contribution in [0, 0.1) is 0 Å². The first-order valence-corrected chi connectivity index (χ1v) is 7.26. The number of hydrogen-bond acceptors (Lipinski definition) is 4. The molecule has 0 atom stereocenters. The predicted molar refractivity (Wildman–Crippen MR) is 79.0 cm³/mol. The van der Waals surface area contributed by atoms with Gasteiger partial charge in [0.25, 0.3) is 5.91 Å². The summed E-state index contributed by atoms with van der Waals surface area (Å²) in [6.07, 6.45) is -4.09. The van der Waals surface area contributed by atoms with Gasteiger partial charge in [0.05, 0.1) is 11.1 Å². The van der Waals surface area contributed by atoms with Gasteiger partial charge in [-0.05, 0) is 11.6 Å². The minimum absolute atomic E-state index is 0.00547. The zero-order chi connectivity index (χ0) is 17.0. The van der Waals surface area contributed by atoms with E-state index in [-0.39, 0.29) is 22.8 Å². The van der Waals surface area contributed by atoms with Gasteiger partial charge in [-0.3, -0.25) is 9.59 Å². The molecule has 0 spiro atoms. The zero-order valence-electron chi connectivity index (χ0n) is 11.9. The van der Waals surface area contributed by atoms with Crippen molar-refractivity contribution in [2.24, 2.45) is 0 Å². The molecule has 122 valence electrons. The highest BCUT2D eigenvalue weighted by Crippen LogP contribution is 2.32. The first-order valence-electron chi connectivity index (χ1n) is 6.39. The van der Waals surface area contributed by atoms with Gasteiger partial charge in [0.2, 0.25) is 6.41 Å². The van der Waals surface area contributed by atoms with E-state index >= 15 is 0 Å². The number of halogens is 3. The van der Waals surface area contributed by atoms with Crippen molar-refractivity contribution in [2.75, 3.05) is 12.4 Å². The lowest BCUT2D eigenvalue weighted by molar-refractivity contribution is -0.138. The molecular formula is C14H12F3N3O2S. The largest absolute Gasteiger partial charge is 0.416 e. The van der Waals surface area contributed by atoms with Crippen LogP contribution in [0.2, 0.25) is 0 Å². The molecule has 0 bridgehead atoms. The summed E-state index contributed by atoms with van der Waals surface area (Å²) in [6.45, 7) is -0.230. The number of anilines is 1. The molecule has 0 aliphatic carbocycles. The van der Waals surface area contributed by atoms with Gasteiger partial charge in [-0.15, -0.1) is 11.3 Å². The van der Waals surface area contributed by atoms with Crippen molar-refractivity contribution in [3.05, 3.63) is 46.6 Å². The second kappa shape index (κ2) is 6.78. The van der Waals surface area contributed by atoms with E-state index in [1.165, 1.54) is 30.8 Å². The Morgan fingerprint density at radius 2 is 2.09 bits per heavy atom. The third-order valence-electron chi connectivity index (χ3n) is 3.04. The fraction of sp³-hybridized carbons (Fsp3) is 0.214. The first-order chi connectivity index (χ1) is 10.8. The fourth-order valence-corrected chi connectivity index (χ4v) is 2.63. The van der Waals surface area contributed by atoms with Crippen molar-refractivity contribution in [1.29, 1.82) is 0 Å². The molecule has 0 unspecified atom stereocenters. The molecule has 5 nitrogen and oxygen atoms in total. The lowest BCUT2D eigenvalue weighted by atomic mass is 10.1. The lowest BCUT2D eigenvalue weighted by Crippen LogP contribution is -2.28. The molecule has 1 heterocycles. The molecule has 2 aromatic rings. The third-order valence-corrected chi connectivity index (χ3v) is 3.79. The maximum atomic E-state index is 13.0. The van der Waals surface area contributed by atoms with E-state index in [1.807, 2.05) is 0 Å². The topological polar surface area (TPSA) is 62.3 Å². The maximum Gasteiger partial charge on any atom is 0.416 e. The number of thiazole rings is 1. The summed E-state index contributed by atoms with van der Waals surface area (Å²) in [7, 11) is 1.37. The van der Waals surface area contributed by atoms with E-state index in [0.717, 1.165) is 22.3 Å². The Hall–Kier alpha value is -2.42. The molecule has 0 aliphatic rings. The highest BCUT2D eigenvalue weighted by atomic mass is 32.1. The summed E-state index contributed by atoms with van der Waals surface area (Å²) >= 11 is 1.05. The van der Waals surface area contributed by atoms with Crippen LogP contribution < -0.4 is 5.32 Å². The molecule has 0 saturated carbocycles. The SMILES string of the molecule is CN(Cc1ccccc1C(F)(F)F)C(=O)c1ncsc1NC=O. The van der Waals surface area contributed by atoms with Gasteiger partial charge in [-0.2, -0.15) is 13.2 Å². The van der Waals surface area contributed by atoms with Crippen LogP contribution in [0.25, 0.3) is 0 Å². The molecule has 23 heavy (non-hydrogen) atoms. The van der Waals surface area contributed by atoms with Gasteiger partial charge < -0.3 is 10.2 Å². The summed E-state index contributed by atoms with van der Waals surface area (Å²) in [5, 5.41) is 2.59. The molecule has 1 aromatic carbocycles. The van der Waals surface area contributed by atoms with Crippen LogP contribution in [0.15, 0.2) is 29.8 Å². The van der Waals surface area contributed by atoms with Crippen molar-refractivity contribution in [3.8, 4) is 0 Å². The molecule has 1 N–H and O–H groups in total. The third kappa shape index (κ3) is 3.86. The number of rotatable bonds is 5. The van der Waals surface area contributed by atoms with Crippen LogP contribution in [0.4, 0.5) is 18.2 Å². The van der Waals surface area contributed by atoms with Gasteiger partial charge in [-0.25, -0.2) is 4.98 Å². The Bertz CT molecular complexity index is 715. The van der Waals surface area contributed by atoms with Gasteiger partial charge in [0, 0.05) is 13.6 Å². The van der Waals surface area contributed by atoms with Crippen LogP contribution in [0.3, 0.4) is 0 Å². The lowest BCUT2D eigenvalue weighted by Gasteiger charge is -2.19. The Balaban J connectivity index is 2.22. The minimum Gasteiger partial charge on any atom is -0.336 e. The number of carbonyl (C=O) groups is 2. The van der Waals surface area contributed by atoms with Crippen LogP contribution >= 0.6 is 11.3 Å². The average Bonchev–Trinajstić information content (AvgIpc) is 2.94. The van der Waals surface area contributed by atoms with Crippen molar-refractivity contribution in [1.82, 2.24) is 9.88 Å². The number of aromatic nitrogens is 1. The van der Waals surface area contributed by atoms with Crippen LogP contribution in [0.5, 0.6) is 0 Å². The average molecular weight is 343 g/mol.